The molecule has 0 radical (unpaired) electrons. The number of anilines is 3. The van der Waals surface area contributed by atoms with Gasteiger partial charge in [0.25, 0.3) is 17.7 Å². The summed E-state index contributed by atoms with van der Waals surface area (Å²) < 4.78 is 96.8. The van der Waals surface area contributed by atoms with Crippen LogP contribution in [0, 0.1) is 46.2 Å². The van der Waals surface area contributed by atoms with Gasteiger partial charge < -0.3 is 30.2 Å². The monoisotopic (exact) mass is 1110 g/mol. The molecule has 9 aromatic carbocycles. The maximum absolute atomic E-state index is 13.7. The lowest BCUT2D eigenvalue weighted by molar-refractivity contribution is 0.101. The van der Waals surface area contributed by atoms with E-state index in [9.17, 15) is 40.7 Å². The van der Waals surface area contributed by atoms with Gasteiger partial charge in [0.05, 0.1) is 49.7 Å². The number of rotatable bonds is 12. The molecule has 0 aromatic heterocycles. The van der Waals surface area contributed by atoms with E-state index >= 15 is 0 Å². The molecule has 9 aromatic rings. The van der Waals surface area contributed by atoms with Crippen molar-refractivity contribution in [2.45, 2.75) is 0 Å². The standard InChI is InChI=1S/C21H14F2N2O2.C21H17F2NO3.C19H11Cl2F2NO/c1-27-19-10-5-13(12-24)11-17(19)14-6-8-15(9-7-14)25-21(26)16-3-2-4-18(22)20(16)23;1-26-15-10-11-19(27-2)17(12-15)13-6-8-14(9-7-13)24-21(25)16-4-3-5-18(22)20(16)23;20-12-6-9-16(21)15(10-12)11-4-7-13(8-5-11)24-19(25)14-2-1-3-17(22)18(14)23/h2-11H,1H3,(H,25,26);3-12H,1-2H3,(H,24,25);1-10H,(H,24,25). The first-order valence-electron chi connectivity index (χ1n) is 23.3. The number of ether oxygens (including phenoxy) is 3. The zero-order chi connectivity index (χ0) is 56.8. The predicted molar refractivity (Wildman–Crippen MR) is 293 cm³/mol. The van der Waals surface area contributed by atoms with Crippen LogP contribution in [0.2, 0.25) is 10.0 Å². The summed E-state index contributed by atoms with van der Waals surface area (Å²) in [5.41, 5.74) is 5.46. The second-order valence-electron chi connectivity index (χ2n) is 16.6. The molecule has 0 fully saturated rings. The molecule has 0 atom stereocenters. The van der Waals surface area contributed by atoms with Gasteiger partial charge in [-0.05, 0) is 144 Å². The SMILES string of the molecule is COc1ccc(C#N)cc1-c1ccc(NC(=O)c2cccc(F)c2F)cc1.COc1ccc(OC)c(-c2ccc(NC(=O)c3cccc(F)c3F)cc2)c1.O=C(Nc1ccc(-c2cc(Cl)ccc2Cl)cc1)c1cccc(F)c1F. The number of nitriles is 1. The average molecular weight is 1110 g/mol. The smallest absolute Gasteiger partial charge is 0.258 e. The van der Waals surface area contributed by atoms with Crippen molar-refractivity contribution in [3.8, 4) is 56.7 Å². The lowest BCUT2D eigenvalue weighted by Crippen LogP contribution is -2.14. The molecular weight excluding hydrogens is 1070 g/mol. The van der Waals surface area contributed by atoms with E-state index in [1.807, 2.05) is 6.07 Å². The van der Waals surface area contributed by atoms with Crippen molar-refractivity contribution in [1.82, 2.24) is 0 Å². The molecule has 9 rings (SSSR count). The van der Waals surface area contributed by atoms with Crippen LogP contribution < -0.4 is 30.2 Å². The van der Waals surface area contributed by atoms with Gasteiger partial charge in [-0.3, -0.25) is 14.4 Å². The topological polar surface area (TPSA) is 139 Å². The molecule has 0 bridgehead atoms. The maximum atomic E-state index is 13.7. The molecule has 0 unspecified atom stereocenters. The zero-order valence-corrected chi connectivity index (χ0v) is 43.3. The molecule has 0 aliphatic rings. The van der Waals surface area contributed by atoms with Crippen LogP contribution in [0.15, 0.2) is 182 Å². The number of amides is 3. The van der Waals surface area contributed by atoms with Crippen molar-refractivity contribution in [3.05, 3.63) is 249 Å². The third-order valence-corrected chi connectivity index (χ3v) is 12.2. The van der Waals surface area contributed by atoms with E-state index in [0.717, 1.165) is 51.6 Å². The molecule has 0 aliphatic carbocycles. The van der Waals surface area contributed by atoms with E-state index in [2.05, 4.69) is 22.0 Å². The van der Waals surface area contributed by atoms with Crippen LogP contribution in [0.4, 0.5) is 43.4 Å². The maximum Gasteiger partial charge on any atom is 0.258 e. The van der Waals surface area contributed by atoms with Gasteiger partial charge in [0.15, 0.2) is 34.9 Å². The number of hydrogen-bond acceptors (Lipinski definition) is 7. The van der Waals surface area contributed by atoms with Crippen LogP contribution in [0.3, 0.4) is 0 Å². The van der Waals surface area contributed by atoms with Crippen LogP contribution in [0.5, 0.6) is 17.2 Å². The largest absolute Gasteiger partial charge is 0.497 e. The highest BCUT2D eigenvalue weighted by Gasteiger charge is 2.19. The average Bonchev–Trinajstić information content (AvgIpc) is 3.47. The zero-order valence-electron chi connectivity index (χ0n) is 41.7. The van der Waals surface area contributed by atoms with E-state index in [1.54, 1.807) is 136 Å². The molecule has 3 N–H and O–H groups in total. The summed E-state index contributed by atoms with van der Waals surface area (Å²) >= 11 is 12.1. The Hall–Kier alpha value is -9.56. The van der Waals surface area contributed by atoms with Gasteiger partial charge in [0.1, 0.15) is 17.2 Å². The Kier molecular flexibility index (Phi) is 19.1. The molecule has 79 heavy (non-hydrogen) atoms. The number of nitrogens with one attached hydrogen (secondary N) is 3. The Morgan fingerprint density at radius 1 is 0.430 bits per heavy atom. The first-order chi connectivity index (χ1) is 38.0. The summed E-state index contributed by atoms with van der Waals surface area (Å²) in [6.45, 7) is 0. The highest BCUT2D eigenvalue weighted by molar-refractivity contribution is 6.35. The van der Waals surface area contributed by atoms with Crippen LogP contribution in [0.1, 0.15) is 36.6 Å². The first-order valence-corrected chi connectivity index (χ1v) is 24.1. The highest BCUT2D eigenvalue weighted by Crippen LogP contribution is 2.36. The fourth-order valence-corrected chi connectivity index (χ4v) is 7.99. The molecular formula is C61H42Cl2F6N4O6. The minimum absolute atomic E-state index is 0.353. The van der Waals surface area contributed by atoms with Crippen LogP contribution in [0.25, 0.3) is 33.4 Å². The third kappa shape index (κ3) is 14.3. The van der Waals surface area contributed by atoms with E-state index < -0.39 is 52.6 Å². The van der Waals surface area contributed by atoms with Gasteiger partial charge in [0, 0.05) is 43.8 Å². The van der Waals surface area contributed by atoms with Gasteiger partial charge in [-0.2, -0.15) is 5.26 Å². The molecule has 0 heterocycles. The van der Waals surface area contributed by atoms with Gasteiger partial charge in [-0.25, -0.2) is 26.3 Å². The number of halogens is 8. The summed E-state index contributed by atoms with van der Waals surface area (Å²) in [6, 6.07) is 48.4. The van der Waals surface area contributed by atoms with Crippen molar-refractivity contribution in [2.24, 2.45) is 0 Å². The number of benzene rings is 9. The number of hydrogen-bond donors (Lipinski definition) is 3. The van der Waals surface area contributed by atoms with Gasteiger partial charge in [0.2, 0.25) is 0 Å². The minimum atomic E-state index is -1.19. The van der Waals surface area contributed by atoms with E-state index in [4.69, 9.17) is 42.7 Å². The molecule has 0 saturated carbocycles. The molecule has 3 amide bonds. The molecule has 0 spiro atoms. The van der Waals surface area contributed by atoms with Gasteiger partial charge >= 0.3 is 0 Å². The molecule has 398 valence electrons. The van der Waals surface area contributed by atoms with Gasteiger partial charge in [-0.1, -0.05) is 77.8 Å². The van der Waals surface area contributed by atoms with Crippen LogP contribution in [-0.2, 0) is 0 Å². The van der Waals surface area contributed by atoms with E-state index in [-0.39, 0.29) is 16.7 Å². The minimum Gasteiger partial charge on any atom is -0.497 e. The molecule has 18 heteroatoms. The quantitative estimate of drug-likeness (QED) is 0.104. The Balaban J connectivity index is 0.000000172. The highest BCUT2D eigenvalue weighted by atomic mass is 35.5. The van der Waals surface area contributed by atoms with Crippen LogP contribution in [-0.4, -0.2) is 39.1 Å². The lowest BCUT2D eigenvalue weighted by atomic mass is 10.0. The summed E-state index contributed by atoms with van der Waals surface area (Å²) in [4.78, 5) is 36.4. The number of methoxy groups -OCH3 is 3. The summed E-state index contributed by atoms with van der Waals surface area (Å²) in [5, 5.41) is 17.8. The molecule has 0 saturated heterocycles. The fraction of sp³-hybridized carbons (Fsp3) is 0.0492. The fourth-order valence-electron chi connectivity index (χ4n) is 7.59. The van der Waals surface area contributed by atoms with Crippen molar-refractivity contribution < 1.29 is 54.9 Å². The van der Waals surface area contributed by atoms with Crippen molar-refractivity contribution in [2.75, 3.05) is 37.3 Å². The first kappa shape index (κ1) is 57.2. The van der Waals surface area contributed by atoms with Crippen LogP contribution >= 0.6 is 23.2 Å². The second-order valence-corrected chi connectivity index (χ2v) is 17.5. The summed E-state index contributed by atoms with van der Waals surface area (Å²) in [6.07, 6.45) is 0. The molecule has 10 nitrogen and oxygen atoms in total. The van der Waals surface area contributed by atoms with Crippen molar-refractivity contribution in [1.29, 1.82) is 5.26 Å². The van der Waals surface area contributed by atoms with E-state index in [0.29, 0.717) is 49.9 Å². The summed E-state index contributed by atoms with van der Waals surface area (Å²) in [7, 11) is 4.69. The number of nitrogens with zero attached hydrogens (tertiary/aromatic N) is 1. The molecule has 0 aliphatic heterocycles. The van der Waals surface area contributed by atoms with Gasteiger partial charge in [-0.15, -0.1) is 0 Å². The third-order valence-electron chi connectivity index (χ3n) is 11.6. The second kappa shape index (κ2) is 26.5. The van der Waals surface area contributed by atoms with Crippen molar-refractivity contribution >= 4 is 58.0 Å². The number of carbonyl (C=O) groups excluding carboxylic acids is 3. The predicted octanol–water partition coefficient (Wildman–Crippen LogP) is 15.9. The van der Waals surface area contributed by atoms with E-state index in [1.165, 1.54) is 43.5 Å². The Morgan fingerprint density at radius 2 is 0.810 bits per heavy atom. The van der Waals surface area contributed by atoms with Crippen molar-refractivity contribution in [3.63, 3.8) is 0 Å². The number of carbonyl (C=O) groups is 3. The Bertz CT molecular complexity index is 3730. The lowest BCUT2D eigenvalue weighted by Gasteiger charge is -2.12. The Labute approximate surface area is 459 Å². The Morgan fingerprint density at radius 3 is 1.19 bits per heavy atom. The normalized spacial score (nSPS) is 10.4. The summed E-state index contributed by atoms with van der Waals surface area (Å²) in [5.74, 6) is -7.00.